The number of fused-ring (bicyclic) bond motifs is 3. The lowest BCUT2D eigenvalue weighted by molar-refractivity contribution is -0.0614. The number of benzene rings is 5. The number of ether oxygens (including phenoxy) is 1. The van der Waals surface area contributed by atoms with E-state index in [4.69, 9.17) is 30.2 Å². The Morgan fingerprint density at radius 2 is 1.48 bits per heavy atom. The third-order valence-corrected chi connectivity index (χ3v) is 20.3. The number of hydrogen-bond acceptors (Lipinski definition) is 15. The van der Waals surface area contributed by atoms with E-state index in [9.17, 15) is 5.26 Å². The van der Waals surface area contributed by atoms with Crippen LogP contribution in [0.4, 0.5) is 21.1 Å². The van der Waals surface area contributed by atoms with E-state index in [0.29, 0.717) is 17.2 Å². The molecule has 2 N–H and O–H groups in total. The van der Waals surface area contributed by atoms with Gasteiger partial charge in [0.1, 0.15) is 0 Å². The van der Waals surface area contributed by atoms with Crippen molar-refractivity contribution in [3.05, 3.63) is 230 Å². The van der Waals surface area contributed by atoms with Crippen LogP contribution in [0, 0.1) is 22.7 Å². The lowest BCUT2D eigenvalue weighted by atomic mass is 9.86. The molecule has 14 rings (SSSR count). The predicted molar refractivity (Wildman–Crippen MR) is 338 cm³/mol. The molecule has 2 saturated heterocycles. The maximum atomic E-state index is 9.39. The molecular weight excluding hydrogens is 1100 g/mol. The second-order valence-electron chi connectivity index (χ2n) is 22.5. The first-order valence-corrected chi connectivity index (χ1v) is 31.5. The van der Waals surface area contributed by atoms with Crippen LogP contribution < -0.4 is 20.0 Å². The number of rotatable bonds is 16. The lowest BCUT2D eigenvalue weighted by Crippen LogP contribution is -2.49. The third-order valence-electron chi connectivity index (χ3n) is 17.0. The minimum absolute atomic E-state index is 0.154. The van der Waals surface area contributed by atoms with Crippen LogP contribution >= 0.6 is 34.0 Å². The summed E-state index contributed by atoms with van der Waals surface area (Å²) in [5.74, 6) is 0.602. The van der Waals surface area contributed by atoms with Gasteiger partial charge in [-0.15, -0.1) is 34.0 Å². The Bertz CT molecular complexity index is 4060. The highest BCUT2D eigenvalue weighted by molar-refractivity contribution is 7.16. The van der Waals surface area contributed by atoms with Gasteiger partial charge in [-0.05, 0) is 144 Å². The first-order chi connectivity index (χ1) is 41.3. The molecule has 4 aliphatic rings. The highest BCUT2D eigenvalue weighted by Gasteiger charge is 2.37. The first-order valence-electron chi connectivity index (χ1n) is 29.0. The largest absolute Gasteiger partial charge is 0.368 e. The van der Waals surface area contributed by atoms with Crippen LogP contribution in [0.2, 0.25) is 0 Å². The molecule has 2 fully saturated rings. The summed E-state index contributed by atoms with van der Waals surface area (Å²) in [5.41, 5.74) is 15.3. The Labute approximate surface area is 501 Å². The molecule has 17 heteroatoms. The van der Waals surface area contributed by atoms with Crippen molar-refractivity contribution in [2.75, 3.05) is 46.2 Å². The first kappa shape index (κ1) is 53.5. The Balaban J connectivity index is 0.535. The molecule has 14 nitrogen and oxygen atoms in total. The Morgan fingerprint density at radius 1 is 0.702 bits per heavy atom. The Morgan fingerprint density at radius 3 is 2.31 bits per heavy atom. The minimum atomic E-state index is -0.199. The molecule has 5 aromatic carbocycles. The van der Waals surface area contributed by atoms with Crippen molar-refractivity contribution in [1.82, 2.24) is 34.5 Å². The molecule has 0 bridgehead atoms. The second-order valence-corrected chi connectivity index (χ2v) is 25.7. The van der Waals surface area contributed by atoms with Crippen LogP contribution in [0.15, 0.2) is 171 Å². The molecule has 420 valence electrons. The molecule has 4 aliphatic heterocycles. The molecule has 4 atom stereocenters. The van der Waals surface area contributed by atoms with Crippen molar-refractivity contribution in [2.24, 2.45) is 5.92 Å². The molecular formula is C67H63N13OS3. The van der Waals surface area contributed by atoms with E-state index < -0.39 is 0 Å². The number of nitriles is 1. The van der Waals surface area contributed by atoms with E-state index in [-0.39, 0.29) is 18.1 Å². The van der Waals surface area contributed by atoms with E-state index >= 15 is 0 Å². The number of nitrogens with one attached hydrogen (secondary N) is 2. The standard InChI is InChI=1S/C67H63N13OS3/c1-44(49-6-3-7-55(36-49)70-25-19-60(69)63-18-15-53-42-78(29-23-62(53)81-63)66-72-39-59(83-66)34-46-5-2-8-57(32-46)79-26-4-24-74-79)64-40-73-67(84-64)76-28-21-50-35-51(13-14-52(50)41-76)61-22-30-80(75-61)56-16-10-45(11-17-56)33-58-38-71-65(82-58)77-27-20-48-12-9-47(37-68)31-54(48)43-77/h2-14,16-17,19,22,24-26,30-32,35-36,38-40,44,53,62-63,69-70H,15,18,20-21,23,27-29,33-34,41-43H2,1H3/b25-19-,69-60?. The summed E-state index contributed by atoms with van der Waals surface area (Å²) in [6, 6.07) is 44.9. The monoisotopic (exact) mass is 1160 g/mol. The zero-order valence-electron chi connectivity index (χ0n) is 46.7. The van der Waals surface area contributed by atoms with Crippen LogP contribution in [0.5, 0.6) is 0 Å². The molecule has 0 aliphatic carbocycles. The van der Waals surface area contributed by atoms with Gasteiger partial charge in [0.2, 0.25) is 0 Å². The molecule has 0 radical (unpaired) electrons. The number of aromatic nitrogens is 7. The van der Waals surface area contributed by atoms with Crippen LogP contribution in [-0.2, 0) is 43.5 Å². The maximum absolute atomic E-state index is 9.39. The number of piperidine rings is 1. The minimum Gasteiger partial charge on any atom is -0.368 e. The zero-order valence-corrected chi connectivity index (χ0v) is 49.2. The van der Waals surface area contributed by atoms with Crippen molar-refractivity contribution in [2.45, 2.75) is 83.1 Å². The van der Waals surface area contributed by atoms with Crippen LogP contribution in [0.1, 0.15) is 91.2 Å². The lowest BCUT2D eigenvalue weighted by Gasteiger charge is -2.43. The van der Waals surface area contributed by atoms with Gasteiger partial charge in [-0.3, -0.25) is 0 Å². The van der Waals surface area contributed by atoms with Gasteiger partial charge < -0.3 is 30.2 Å². The molecule has 84 heavy (non-hydrogen) atoms. The SMILES string of the molecule is CC(c1cccc(N/C=C\C(=N)C2CCC3CN(c4ncc(Cc5cccc(-n6cccn6)c5)s4)CCC3O2)c1)c1cnc(N2CCc3cc(-c4ccn(-c5ccc(Cc6cnc(N7CCc8ccc(C#N)cc8C7)s6)cc5)n4)ccc3C2)s1. The fourth-order valence-corrected chi connectivity index (χ4v) is 15.2. The number of anilines is 4. The van der Waals surface area contributed by atoms with E-state index in [1.807, 2.05) is 64.6 Å². The molecule has 0 amide bonds. The van der Waals surface area contributed by atoms with Crippen LogP contribution in [-0.4, -0.2) is 78.6 Å². The van der Waals surface area contributed by atoms with Crippen molar-refractivity contribution < 1.29 is 4.74 Å². The van der Waals surface area contributed by atoms with E-state index in [1.165, 1.54) is 53.6 Å². The average molecular weight is 1160 g/mol. The van der Waals surface area contributed by atoms with Gasteiger partial charge in [0, 0.05) is 133 Å². The topological polar surface area (TPSA) is 153 Å². The van der Waals surface area contributed by atoms with Crippen molar-refractivity contribution >= 4 is 60.8 Å². The van der Waals surface area contributed by atoms with Gasteiger partial charge in [-0.1, -0.05) is 61.5 Å². The van der Waals surface area contributed by atoms with Crippen molar-refractivity contribution in [3.63, 3.8) is 0 Å². The van der Waals surface area contributed by atoms with Crippen LogP contribution in [0.3, 0.4) is 0 Å². The van der Waals surface area contributed by atoms with E-state index in [2.05, 4.69) is 147 Å². The van der Waals surface area contributed by atoms with Gasteiger partial charge >= 0.3 is 0 Å². The maximum Gasteiger partial charge on any atom is 0.185 e. The fraction of sp³-hybridized carbons (Fsp3) is 0.269. The number of nitrogens with zero attached hydrogens (tertiary/aromatic N) is 11. The van der Waals surface area contributed by atoms with Gasteiger partial charge in [-0.25, -0.2) is 24.3 Å². The molecule has 0 saturated carbocycles. The molecule has 9 heterocycles. The fourth-order valence-electron chi connectivity index (χ4n) is 12.3. The van der Waals surface area contributed by atoms with E-state index in [1.54, 1.807) is 40.2 Å². The molecule has 10 aromatic rings. The second kappa shape index (κ2) is 23.6. The summed E-state index contributed by atoms with van der Waals surface area (Å²) in [6.07, 6.45) is 22.0. The highest BCUT2D eigenvalue weighted by Crippen LogP contribution is 2.38. The summed E-state index contributed by atoms with van der Waals surface area (Å²) in [4.78, 5) is 25.5. The van der Waals surface area contributed by atoms with Crippen LogP contribution in [0.25, 0.3) is 22.6 Å². The summed E-state index contributed by atoms with van der Waals surface area (Å²) in [7, 11) is 0. The molecule has 5 aromatic heterocycles. The molecule has 4 unspecified atom stereocenters. The quantitative estimate of drug-likeness (QED) is 0.0889. The summed E-state index contributed by atoms with van der Waals surface area (Å²) < 4.78 is 10.5. The van der Waals surface area contributed by atoms with Gasteiger partial charge in [0.05, 0.1) is 46.6 Å². The Hall–Kier alpha value is -8.53. The Kier molecular flexibility index (Phi) is 15.0. The number of hydrogen-bond donors (Lipinski definition) is 2. The van der Waals surface area contributed by atoms with Gasteiger partial charge in [0.25, 0.3) is 0 Å². The summed E-state index contributed by atoms with van der Waals surface area (Å²) >= 11 is 5.32. The van der Waals surface area contributed by atoms with E-state index in [0.717, 1.165) is 128 Å². The predicted octanol–water partition coefficient (Wildman–Crippen LogP) is 13.4. The van der Waals surface area contributed by atoms with Crippen molar-refractivity contribution in [1.29, 1.82) is 10.7 Å². The van der Waals surface area contributed by atoms with Gasteiger partial charge in [-0.2, -0.15) is 15.5 Å². The smallest absolute Gasteiger partial charge is 0.185 e. The summed E-state index contributed by atoms with van der Waals surface area (Å²) in [6.45, 7) is 7.55. The zero-order chi connectivity index (χ0) is 56.5. The normalized spacial score (nSPS) is 18.0. The average Bonchev–Trinajstić information content (AvgIpc) is 4.46. The van der Waals surface area contributed by atoms with Crippen molar-refractivity contribution in [3.8, 4) is 28.7 Å². The number of thiazole rings is 3. The van der Waals surface area contributed by atoms with Gasteiger partial charge in [0.15, 0.2) is 15.4 Å². The third kappa shape index (κ3) is 11.6. The summed E-state index contributed by atoms with van der Waals surface area (Å²) in [5, 5.41) is 34.4. The highest BCUT2D eigenvalue weighted by atomic mass is 32.1. The molecule has 0 spiro atoms.